The molecule has 7 nitrogen and oxygen atoms in total. The van der Waals surface area contributed by atoms with E-state index in [4.69, 9.17) is 9.15 Å². The number of benzene rings is 2. The molecule has 2 heterocycles. The van der Waals surface area contributed by atoms with Crippen molar-refractivity contribution in [1.29, 1.82) is 0 Å². The molecule has 1 atom stereocenters. The van der Waals surface area contributed by atoms with E-state index in [0.29, 0.717) is 6.54 Å². The van der Waals surface area contributed by atoms with Crippen LogP contribution in [0.4, 0.5) is 4.39 Å². The normalized spacial score (nSPS) is 14.5. The maximum absolute atomic E-state index is 13.7. The van der Waals surface area contributed by atoms with E-state index >= 15 is 0 Å². The average molecular weight is 426 g/mol. The molecule has 4 rings (SSSR count). The van der Waals surface area contributed by atoms with Gasteiger partial charge >= 0.3 is 0 Å². The van der Waals surface area contributed by atoms with Crippen molar-refractivity contribution in [2.75, 3.05) is 12.3 Å². The van der Waals surface area contributed by atoms with Crippen molar-refractivity contribution in [2.24, 2.45) is 5.10 Å². The fourth-order valence-electron chi connectivity index (χ4n) is 2.89. The van der Waals surface area contributed by atoms with Gasteiger partial charge in [-0.15, -0.1) is 10.2 Å². The molecule has 3 aromatic rings. The molecule has 9 heteroatoms. The lowest BCUT2D eigenvalue weighted by atomic mass is 10.1. The van der Waals surface area contributed by atoms with Gasteiger partial charge in [0.25, 0.3) is 17.0 Å². The lowest BCUT2D eigenvalue weighted by molar-refractivity contribution is -0.127. The third-order valence-corrected chi connectivity index (χ3v) is 5.23. The molecule has 0 radical (unpaired) electrons. The second-order valence-electron chi connectivity index (χ2n) is 6.56. The summed E-state index contributed by atoms with van der Waals surface area (Å²) in [5, 5.41) is 14.0. The summed E-state index contributed by atoms with van der Waals surface area (Å²) in [6.45, 7) is 2.23. The van der Waals surface area contributed by atoms with Crippen LogP contribution < -0.4 is 4.74 Å². The van der Waals surface area contributed by atoms with Crippen molar-refractivity contribution < 1.29 is 18.3 Å². The summed E-state index contributed by atoms with van der Waals surface area (Å²) in [4.78, 5) is 12.5. The van der Waals surface area contributed by atoms with Gasteiger partial charge in [-0.25, -0.2) is 9.40 Å². The first kappa shape index (κ1) is 20.1. The molecular formula is C21H19FN4O3S. The fraction of sp³-hybridized carbons (Fsp3) is 0.238. The van der Waals surface area contributed by atoms with Crippen molar-refractivity contribution in [2.45, 2.75) is 24.7 Å². The van der Waals surface area contributed by atoms with Gasteiger partial charge in [-0.1, -0.05) is 54.2 Å². The maximum Gasteiger partial charge on any atom is 0.277 e. The molecule has 0 saturated carbocycles. The Balaban J connectivity index is 1.32. The van der Waals surface area contributed by atoms with Crippen LogP contribution >= 0.6 is 11.8 Å². The number of hydrazone groups is 1. The molecule has 0 saturated heterocycles. The summed E-state index contributed by atoms with van der Waals surface area (Å²) in [7, 11) is 0. The van der Waals surface area contributed by atoms with Gasteiger partial charge in [-0.05, 0) is 24.6 Å². The second-order valence-corrected chi connectivity index (χ2v) is 7.49. The van der Waals surface area contributed by atoms with Gasteiger partial charge in [0, 0.05) is 6.42 Å². The monoisotopic (exact) mass is 426 g/mol. The maximum atomic E-state index is 13.7. The van der Waals surface area contributed by atoms with Crippen LogP contribution in [0.2, 0.25) is 0 Å². The minimum Gasteiger partial charge on any atom is -0.478 e. The minimum absolute atomic E-state index is 0.105. The molecule has 0 unspecified atom stereocenters. The minimum atomic E-state index is -0.629. The number of rotatable bonds is 7. The van der Waals surface area contributed by atoms with Crippen LogP contribution in [-0.2, 0) is 4.79 Å². The van der Waals surface area contributed by atoms with Gasteiger partial charge in [-0.2, -0.15) is 5.10 Å². The second kappa shape index (κ2) is 9.08. The highest BCUT2D eigenvalue weighted by Crippen LogP contribution is 2.26. The Labute approximate surface area is 176 Å². The Morgan fingerprint density at radius 3 is 2.77 bits per heavy atom. The van der Waals surface area contributed by atoms with E-state index in [1.165, 1.54) is 17.1 Å². The Kier molecular flexibility index (Phi) is 6.08. The molecule has 154 valence electrons. The molecule has 0 spiro atoms. The number of hydrogen-bond acceptors (Lipinski definition) is 7. The number of hydrogen-bond donors (Lipinski definition) is 0. The van der Waals surface area contributed by atoms with Crippen LogP contribution in [0.3, 0.4) is 0 Å². The fourth-order valence-corrected chi connectivity index (χ4v) is 3.53. The molecule has 0 N–H and O–H groups in total. The van der Waals surface area contributed by atoms with Gasteiger partial charge in [0.15, 0.2) is 17.7 Å². The Bertz CT molecular complexity index is 1060. The molecular weight excluding hydrogens is 407 g/mol. The SMILES string of the molecule is C[C@@H](Oc1ccccc1F)c1nnc(SCC(=O)N2CCC(c3ccccc3)=N2)o1. The van der Waals surface area contributed by atoms with Crippen molar-refractivity contribution in [1.82, 2.24) is 15.2 Å². The van der Waals surface area contributed by atoms with Crippen molar-refractivity contribution in [3.05, 3.63) is 71.9 Å². The Morgan fingerprint density at radius 2 is 1.97 bits per heavy atom. The average Bonchev–Trinajstić information content (AvgIpc) is 3.44. The largest absolute Gasteiger partial charge is 0.478 e. The van der Waals surface area contributed by atoms with E-state index in [0.717, 1.165) is 29.5 Å². The number of para-hydroxylation sites is 1. The lowest BCUT2D eigenvalue weighted by Gasteiger charge is -2.11. The first-order chi connectivity index (χ1) is 14.6. The van der Waals surface area contributed by atoms with Crippen LogP contribution in [0.5, 0.6) is 5.75 Å². The molecule has 1 aliphatic heterocycles. The van der Waals surface area contributed by atoms with Gasteiger partial charge in [-0.3, -0.25) is 4.79 Å². The van der Waals surface area contributed by atoms with E-state index in [1.807, 2.05) is 30.3 Å². The highest BCUT2D eigenvalue weighted by atomic mass is 32.2. The Morgan fingerprint density at radius 1 is 1.20 bits per heavy atom. The van der Waals surface area contributed by atoms with Crippen molar-refractivity contribution in [3.63, 3.8) is 0 Å². The van der Waals surface area contributed by atoms with Gasteiger partial charge in [0.1, 0.15) is 0 Å². The van der Waals surface area contributed by atoms with Crippen LogP contribution in [0, 0.1) is 5.82 Å². The zero-order valence-corrected chi connectivity index (χ0v) is 17.0. The number of halogens is 1. The third-order valence-electron chi connectivity index (χ3n) is 4.43. The highest BCUT2D eigenvalue weighted by molar-refractivity contribution is 7.99. The van der Waals surface area contributed by atoms with E-state index in [2.05, 4.69) is 15.3 Å². The van der Waals surface area contributed by atoms with E-state index in [9.17, 15) is 9.18 Å². The van der Waals surface area contributed by atoms with Crippen molar-refractivity contribution >= 4 is 23.4 Å². The van der Waals surface area contributed by atoms with Crippen LogP contribution in [-0.4, -0.2) is 39.1 Å². The van der Waals surface area contributed by atoms with Crippen LogP contribution in [0.25, 0.3) is 0 Å². The lowest BCUT2D eigenvalue weighted by Crippen LogP contribution is -2.25. The molecule has 1 aromatic heterocycles. The first-order valence-electron chi connectivity index (χ1n) is 9.41. The summed E-state index contributed by atoms with van der Waals surface area (Å²) < 4.78 is 24.8. The summed E-state index contributed by atoms with van der Waals surface area (Å²) in [5.41, 5.74) is 1.92. The number of carbonyl (C=O) groups excluding carboxylic acids is 1. The van der Waals surface area contributed by atoms with E-state index in [1.54, 1.807) is 19.1 Å². The molecule has 0 fully saturated rings. The number of nitrogens with zero attached hydrogens (tertiary/aromatic N) is 4. The Hall–Kier alpha value is -3.20. The molecule has 1 aliphatic rings. The molecule has 1 amide bonds. The summed E-state index contributed by atoms with van der Waals surface area (Å²) in [5.74, 6) is -0.172. The van der Waals surface area contributed by atoms with Gasteiger partial charge in [0.2, 0.25) is 0 Å². The summed E-state index contributed by atoms with van der Waals surface area (Å²) in [6.07, 6.45) is 0.0896. The smallest absolute Gasteiger partial charge is 0.277 e. The quantitative estimate of drug-likeness (QED) is 0.530. The number of carbonyl (C=O) groups is 1. The van der Waals surface area contributed by atoms with Crippen LogP contribution in [0.1, 0.15) is 30.9 Å². The molecule has 0 bridgehead atoms. The zero-order chi connectivity index (χ0) is 20.9. The van der Waals surface area contributed by atoms with E-state index < -0.39 is 11.9 Å². The number of amides is 1. The summed E-state index contributed by atoms with van der Waals surface area (Å²) in [6, 6.07) is 15.9. The topological polar surface area (TPSA) is 80.8 Å². The highest BCUT2D eigenvalue weighted by Gasteiger charge is 2.23. The predicted octanol–water partition coefficient (Wildman–Crippen LogP) is 4.08. The van der Waals surface area contributed by atoms with Crippen LogP contribution in [0.15, 0.2) is 69.3 Å². The number of ether oxygens (including phenoxy) is 1. The zero-order valence-electron chi connectivity index (χ0n) is 16.2. The predicted molar refractivity (Wildman–Crippen MR) is 110 cm³/mol. The molecule has 2 aromatic carbocycles. The summed E-state index contributed by atoms with van der Waals surface area (Å²) >= 11 is 1.13. The van der Waals surface area contributed by atoms with E-state index in [-0.39, 0.29) is 28.5 Å². The first-order valence-corrected chi connectivity index (χ1v) is 10.4. The van der Waals surface area contributed by atoms with Gasteiger partial charge in [0.05, 0.1) is 18.0 Å². The number of thioether (sulfide) groups is 1. The third kappa shape index (κ3) is 4.68. The molecule has 0 aliphatic carbocycles. The van der Waals surface area contributed by atoms with Crippen molar-refractivity contribution in [3.8, 4) is 5.75 Å². The standard InChI is InChI=1S/C21H19FN4O3S/c1-14(28-18-10-6-5-9-16(18)22)20-23-24-21(29-20)30-13-19(27)26-12-11-17(25-26)15-7-3-2-4-8-15/h2-10,14H,11-13H2,1H3/t14-/m1/s1. The number of aromatic nitrogens is 2. The molecule has 30 heavy (non-hydrogen) atoms. The van der Waals surface area contributed by atoms with Gasteiger partial charge < -0.3 is 9.15 Å².